The number of carbonyl (C=O) groups is 2. The summed E-state index contributed by atoms with van der Waals surface area (Å²) in [5.41, 5.74) is 6.05. The topological polar surface area (TPSA) is 58.2 Å². The second-order valence-corrected chi connectivity index (χ2v) is 5.75. The molecule has 1 aliphatic carbocycles. The third kappa shape index (κ3) is 3.39. The zero-order valence-corrected chi connectivity index (χ0v) is 12.5. The van der Waals surface area contributed by atoms with E-state index in [9.17, 15) is 14.0 Å². The first-order valence-corrected chi connectivity index (χ1v) is 7.49. The highest BCUT2D eigenvalue weighted by atomic mass is 19.1. The van der Waals surface area contributed by atoms with Crippen molar-refractivity contribution in [3.63, 3.8) is 0 Å². The molecule has 3 rings (SSSR count). The largest absolute Gasteiger partial charge is 0.273 e. The molecule has 0 radical (unpaired) electrons. The van der Waals surface area contributed by atoms with Gasteiger partial charge in [-0.3, -0.25) is 20.4 Å². The maximum Gasteiger partial charge on any atom is 0.249 e. The Hall–Kier alpha value is -2.69. The van der Waals surface area contributed by atoms with Crippen LogP contribution in [0.3, 0.4) is 0 Å². The van der Waals surface area contributed by atoms with Crippen molar-refractivity contribution >= 4 is 11.8 Å². The van der Waals surface area contributed by atoms with Gasteiger partial charge in [-0.2, -0.15) is 0 Å². The second kappa shape index (κ2) is 6.20. The van der Waals surface area contributed by atoms with Crippen molar-refractivity contribution in [1.29, 1.82) is 0 Å². The van der Waals surface area contributed by atoms with Crippen LogP contribution in [0.4, 0.5) is 4.39 Å². The van der Waals surface area contributed by atoms with Crippen LogP contribution in [0, 0.1) is 5.82 Å². The first-order chi connectivity index (χ1) is 11.1. The molecule has 5 heteroatoms. The number of nitrogens with one attached hydrogen (secondary N) is 2. The van der Waals surface area contributed by atoms with Crippen LogP contribution in [0.5, 0.6) is 0 Å². The number of hydrazine groups is 1. The molecule has 2 amide bonds. The van der Waals surface area contributed by atoms with Crippen molar-refractivity contribution < 1.29 is 14.0 Å². The van der Waals surface area contributed by atoms with Crippen LogP contribution in [0.15, 0.2) is 54.6 Å². The quantitative estimate of drug-likeness (QED) is 0.851. The van der Waals surface area contributed by atoms with Gasteiger partial charge in [-0.15, -0.1) is 0 Å². The molecule has 0 heterocycles. The highest BCUT2D eigenvalue weighted by molar-refractivity contribution is 5.92. The van der Waals surface area contributed by atoms with Gasteiger partial charge in [0.1, 0.15) is 5.82 Å². The molecule has 23 heavy (non-hydrogen) atoms. The van der Waals surface area contributed by atoms with E-state index in [0.29, 0.717) is 5.56 Å². The van der Waals surface area contributed by atoms with Crippen LogP contribution < -0.4 is 10.9 Å². The van der Waals surface area contributed by atoms with E-state index in [-0.39, 0.29) is 24.1 Å². The Morgan fingerprint density at radius 3 is 2.22 bits per heavy atom. The number of amides is 2. The lowest BCUT2D eigenvalue weighted by Gasteiger charge is -2.16. The van der Waals surface area contributed by atoms with Gasteiger partial charge >= 0.3 is 0 Å². The van der Waals surface area contributed by atoms with Crippen LogP contribution >= 0.6 is 0 Å². The van der Waals surface area contributed by atoms with E-state index in [1.165, 1.54) is 12.1 Å². The summed E-state index contributed by atoms with van der Waals surface area (Å²) < 4.78 is 12.8. The Kier molecular flexibility index (Phi) is 4.10. The molecule has 0 unspecified atom stereocenters. The smallest absolute Gasteiger partial charge is 0.249 e. The predicted molar refractivity (Wildman–Crippen MR) is 83.7 cm³/mol. The van der Waals surface area contributed by atoms with Crippen LogP contribution in [0.1, 0.15) is 24.0 Å². The van der Waals surface area contributed by atoms with Gasteiger partial charge in [-0.1, -0.05) is 42.5 Å². The minimum atomic E-state index is -0.523. The van der Waals surface area contributed by atoms with E-state index in [2.05, 4.69) is 10.9 Å². The molecular weight excluding hydrogens is 295 g/mol. The summed E-state index contributed by atoms with van der Waals surface area (Å²) in [6, 6.07) is 15.2. The molecule has 1 saturated carbocycles. The number of halogens is 1. The van der Waals surface area contributed by atoms with Crippen molar-refractivity contribution in [3.05, 3.63) is 71.5 Å². The van der Waals surface area contributed by atoms with Crippen LogP contribution in [-0.2, 0) is 21.4 Å². The van der Waals surface area contributed by atoms with E-state index in [1.54, 1.807) is 12.1 Å². The first kappa shape index (κ1) is 15.2. The van der Waals surface area contributed by atoms with E-state index < -0.39 is 5.41 Å². The molecule has 0 bridgehead atoms. The van der Waals surface area contributed by atoms with Gasteiger partial charge < -0.3 is 0 Å². The zero-order valence-electron chi connectivity index (χ0n) is 12.5. The Bertz CT molecular complexity index is 710. The maximum atomic E-state index is 12.8. The van der Waals surface area contributed by atoms with E-state index in [1.807, 2.05) is 30.3 Å². The average molecular weight is 312 g/mol. The summed E-state index contributed by atoms with van der Waals surface area (Å²) >= 11 is 0. The van der Waals surface area contributed by atoms with Gasteiger partial charge in [-0.25, -0.2) is 4.39 Å². The Morgan fingerprint density at radius 1 is 0.957 bits per heavy atom. The summed E-state index contributed by atoms with van der Waals surface area (Å²) in [7, 11) is 0. The average Bonchev–Trinajstić information content (AvgIpc) is 3.37. The fraction of sp³-hybridized carbons (Fsp3) is 0.222. The van der Waals surface area contributed by atoms with E-state index in [4.69, 9.17) is 0 Å². The standard InChI is InChI=1S/C18H17FN2O2/c19-15-8-6-13(7-9-15)12-16(22)20-21-17(23)18(10-11-18)14-4-2-1-3-5-14/h1-9H,10-12H2,(H,20,22)(H,21,23). The highest BCUT2D eigenvalue weighted by Crippen LogP contribution is 2.48. The lowest BCUT2D eigenvalue weighted by molar-refractivity contribution is -0.130. The van der Waals surface area contributed by atoms with Crippen molar-refractivity contribution in [1.82, 2.24) is 10.9 Å². The summed E-state index contributed by atoms with van der Waals surface area (Å²) in [5, 5.41) is 0. The SMILES string of the molecule is O=C(Cc1ccc(F)cc1)NNC(=O)C1(c2ccccc2)CC1. The lowest BCUT2D eigenvalue weighted by Crippen LogP contribution is -2.47. The van der Waals surface area contributed by atoms with Crippen molar-refractivity contribution in [2.75, 3.05) is 0 Å². The molecule has 0 atom stereocenters. The fourth-order valence-corrected chi connectivity index (χ4v) is 2.61. The van der Waals surface area contributed by atoms with Crippen LogP contribution in [-0.4, -0.2) is 11.8 Å². The number of hydrogen-bond acceptors (Lipinski definition) is 2. The summed E-state index contributed by atoms with van der Waals surface area (Å²) in [4.78, 5) is 24.2. The Balaban J connectivity index is 1.55. The summed E-state index contributed by atoms with van der Waals surface area (Å²) in [5.74, 6) is -0.883. The monoisotopic (exact) mass is 312 g/mol. The van der Waals surface area contributed by atoms with Crippen molar-refractivity contribution in [2.24, 2.45) is 0 Å². The molecule has 0 saturated heterocycles. The molecule has 0 aromatic heterocycles. The molecule has 2 N–H and O–H groups in total. The Labute approximate surface area is 133 Å². The molecule has 118 valence electrons. The lowest BCUT2D eigenvalue weighted by atomic mass is 9.95. The van der Waals surface area contributed by atoms with Gasteiger partial charge in [0.15, 0.2) is 0 Å². The van der Waals surface area contributed by atoms with E-state index in [0.717, 1.165) is 18.4 Å². The molecule has 2 aromatic rings. The predicted octanol–water partition coefficient (Wildman–Crippen LogP) is 2.25. The first-order valence-electron chi connectivity index (χ1n) is 7.49. The molecule has 1 fully saturated rings. The van der Waals surface area contributed by atoms with Gasteiger partial charge in [0.05, 0.1) is 11.8 Å². The van der Waals surface area contributed by atoms with Gasteiger partial charge in [0.25, 0.3) is 0 Å². The summed E-state index contributed by atoms with van der Waals surface area (Å²) in [6.07, 6.45) is 1.63. The Morgan fingerprint density at radius 2 is 1.61 bits per heavy atom. The number of carbonyl (C=O) groups excluding carboxylic acids is 2. The highest BCUT2D eigenvalue weighted by Gasteiger charge is 2.51. The van der Waals surface area contributed by atoms with Gasteiger partial charge in [-0.05, 0) is 36.1 Å². The minimum Gasteiger partial charge on any atom is -0.273 e. The minimum absolute atomic E-state index is 0.0822. The second-order valence-electron chi connectivity index (χ2n) is 5.75. The van der Waals surface area contributed by atoms with Crippen molar-refractivity contribution in [3.8, 4) is 0 Å². The normalized spacial score (nSPS) is 14.8. The van der Waals surface area contributed by atoms with Crippen molar-refractivity contribution in [2.45, 2.75) is 24.7 Å². The van der Waals surface area contributed by atoms with E-state index >= 15 is 0 Å². The molecule has 1 aliphatic rings. The van der Waals surface area contributed by atoms with Gasteiger partial charge in [0, 0.05) is 0 Å². The maximum absolute atomic E-state index is 12.8. The summed E-state index contributed by atoms with van der Waals surface area (Å²) in [6.45, 7) is 0. The third-order valence-corrected chi connectivity index (χ3v) is 4.10. The molecular formula is C18H17FN2O2. The third-order valence-electron chi connectivity index (χ3n) is 4.10. The molecule has 0 spiro atoms. The number of hydrogen-bond donors (Lipinski definition) is 2. The fourth-order valence-electron chi connectivity index (χ4n) is 2.61. The number of rotatable bonds is 4. The van der Waals surface area contributed by atoms with Gasteiger partial charge in [0.2, 0.25) is 11.8 Å². The molecule has 2 aromatic carbocycles. The molecule has 0 aliphatic heterocycles. The van der Waals surface area contributed by atoms with Crippen LogP contribution in [0.2, 0.25) is 0 Å². The van der Waals surface area contributed by atoms with Crippen LogP contribution in [0.25, 0.3) is 0 Å². The zero-order chi connectivity index (χ0) is 16.3. The number of benzene rings is 2. The molecule has 4 nitrogen and oxygen atoms in total.